The third-order valence-electron chi connectivity index (χ3n) is 1.67. The van der Waals surface area contributed by atoms with Gasteiger partial charge in [-0.05, 0) is 18.2 Å². The van der Waals surface area contributed by atoms with Crippen LogP contribution in [0.5, 0.6) is 11.5 Å². The Kier molecular flexibility index (Phi) is 2.74. The van der Waals surface area contributed by atoms with Gasteiger partial charge in [-0.3, -0.25) is 4.79 Å². The fourth-order valence-corrected chi connectivity index (χ4v) is 0.963. The van der Waals surface area contributed by atoms with E-state index in [4.69, 9.17) is 4.74 Å². The molecule has 13 heavy (non-hydrogen) atoms. The molecule has 0 radical (unpaired) electrons. The highest BCUT2D eigenvalue weighted by Crippen LogP contribution is 2.25. The first-order chi connectivity index (χ1) is 6.19. The topological polar surface area (TPSA) is 58.6 Å². The summed E-state index contributed by atoms with van der Waals surface area (Å²) in [5.41, 5.74) is 0.456. The fraction of sp³-hybridized carbons (Fsp3) is 0.222. The van der Waals surface area contributed by atoms with Crippen LogP contribution in [-0.2, 0) is 0 Å². The summed E-state index contributed by atoms with van der Waals surface area (Å²) < 4.78 is 4.85. The number of carbonyl (C=O) groups excluding carboxylic acids is 1. The number of rotatable bonds is 2. The summed E-state index contributed by atoms with van der Waals surface area (Å²) in [6, 6.07) is 4.42. The molecular formula is C9H11NO3. The van der Waals surface area contributed by atoms with E-state index in [0.29, 0.717) is 11.3 Å². The fourth-order valence-electron chi connectivity index (χ4n) is 0.963. The molecule has 0 aliphatic rings. The summed E-state index contributed by atoms with van der Waals surface area (Å²) in [5.74, 6) is 0.106. The van der Waals surface area contributed by atoms with E-state index in [2.05, 4.69) is 5.32 Å². The number of benzene rings is 1. The second-order valence-corrected chi connectivity index (χ2v) is 2.47. The molecule has 0 aliphatic heterocycles. The second-order valence-electron chi connectivity index (χ2n) is 2.47. The minimum absolute atomic E-state index is 0.0233. The molecule has 1 rings (SSSR count). The largest absolute Gasteiger partial charge is 0.504 e. The van der Waals surface area contributed by atoms with Crippen molar-refractivity contribution >= 4 is 5.91 Å². The highest BCUT2D eigenvalue weighted by Gasteiger charge is 2.07. The highest BCUT2D eigenvalue weighted by atomic mass is 16.5. The summed E-state index contributed by atoms with van der Waals surface area (Å²) in [6.07, 6.45) is 0. The van der Waals surface area contributed by atoms with E-state index in [1.54, 1.807) is 7.05 Å². The van der Waals surface area contributed by atoms with Crippen molar-refractivity contribution in [1.29, 1.82) is 0 Å². The smallest absolute Gasteiger partial charge is 0.251 e. The molecule has 0 aliphatic carbocycles. The number of carbonyl (C=O) groups is 1. The zero-order valence-electron chi connectivity index (χ0n) is 7.50. The summed E-state index contributed by atoms with van der Waals surface area (Å²) in [6.45, 7) is 0. The molecule has 0 bridgehead atoms. The number of ether oxygens (including phenoxy) is 1. The van der Waals surface area contributed by atoms with Crippen molar-refractivity contribution < 1.29 is 14.6 Å². The molecule has 0 saturated carbocycles. The molecule has 2 N–H and O–H groups in total. The van der Waals surface area contributed by atoms with Crippen LogP contribution in [0.25, 0.3) is 0 Å². The van der Waals surface area contributed by atoms with E-state index >= 15 is 0 Å². The average molecular weight is 181 g/mol. The minimum Gasteiger partial charge on any atom is -0.504 e. The van der Waals surface area contributed by atoms with Gasteiger partial charge in [0, 0.05) is 12.6 Å². The normalized spacial score (nSPS) is 9.38. The van der Waals surface area contributed by atoms with E-state index in [9.17, 15) is 9.90 Å². The molecule has 1 aromatic carbocycles. The number of phenolic OH excluding ortho intramolecular Hbond substituents is 1. The maximum atomic E-state index is 11.1. The Labute approximate surface area is 76.1 Å². The lowest BCUT2D eigenvalue weighted by atomic mass is 10.2. The predicted molar refractivity (Wildman–Crippen MR) is 48.0 cm³/mol. The van der Waals surface area contributed by atoms with Crippen LogP contribution in [0.2, 0.25) is 0 Å². The molecule has 1 amide bonds. The summed E-state index contributed by atoms with van der Waals surface area (Å²) in [4.78, 5) is 11.1. The second kappa shape index (κ2) is 3.80. The molecule has 0 spiro atoms. The van der Waals surface area contributed by atoms with Crippen LogP contribution >= 0.6 is 0 Å². The van der Waals surface area contributed by atoms with Gasteiger partial charge in [0.15, 0.2) is 11.5 Å². The van der Waals surface area contributed by atoms with Crippen molar-refractivity contribution in [2.75, 3.05) is 14.2 Å². The van der Waals surface area contributed by atoms with Crippen LogP contribution in [0.15, 0.2) is 18.2 Å². The van der Waals surface area contributed by atoms with Gasteiger partial charge in [0.05, 0.1) is 7.11 Å². The van der Waals surface area contributed by atoms with Gasteiger partial charge >= 0.3 is 0 Å². The summed E-state index contributed by atoms with van der Waals surface area (Å²) in [7, 11) is 2.98. The van der Waals surface area contributed by atoms with Gasteiger partial charge in [-0.15, -0.1) is 0 Å². The molecule has 4 heteroatoms. The van der Waals surface area contributed by atoms with E-state index < -0.39 is 0 Å². The number of phenols is 1. The molecule has 0 fully saturated rings. The first-order valence-electron chi connectivity index (χ1n) is 3.78. The number of amides is 1. The SMILES string of the molecule is CNC(=O)c1ccc(O)c(OC)c1. The van der Waals surface area contributed by atoms with E-state index in [-0.39, 0.29) is 11.7 Å². The Morgan fingerprint density at radius 2 is 2.23 bits per heavy atom. The molecule has 1 aromatic rings. The number of nitrogens with one attached hydrogen (secondary N) is 1. The molecular weight excluding hydrogens is 170 g/mol. The lowest BCUT2D eigenvalue weighted by Crippen LogP contribution is -2.17. The van der Waals surface area contributed by atoms with Crippen LogP contribution in [0.1, 0.15) is 10.4 Å². The minimum atomic E-state index is -0.210. The maximum Gasteiger partial charge on any atom is 0.251 e. The van der Waals surface area contributed by atoms with Crippen LogP contribution in [0.3, 0.4) is 0 Å². The zero-order chi connectivity index (χ0) is 9.84. The van der Waals surface area contributed by atoms with E-state index in [1.165, 1.54) is 25.3 Å². The molecule has 0 aromatic heterocycles. The van der Waals surface area contributed by atoms with Gasteiger partial charge < -0.3 is 15.2 Å². The Balaban J connectivity index is 3.06. The summed E-state index contributed by atoms with van der Waals surface area (Å²) in [5, 5.41) is 11.7. The standard InChI is InChI=1S/C9H11NO3/c1-10-9(12)6-3-4-7(11)8(5-6)13-2/h3-5,11H,1-2H3,(H,10,12). The van der Waals surface area contributed by atoms with Gasteiger partial charge in [0.25, 0.3) is 5.91 Å². The Morgan fingerprint density at radius 3 is 2.77 bits per heavy atom. The van der Waals surface area contributed by atoms with Crippen molar-refractivity contribution in [2.45, 2.75) is 0 Å². The number of hydrogen-bond donors (Lipinski definition) is 2. The van der Waals surface area contributed by atoms with Gasteiger partial charge in [-0.25, -0.2) is 0 Å². The van der Waals surface area contributed by atoms with Crippen LogP contribution < -0.4 is 10.1 Å². The van der Waals surface area contributed by atoms with Crippen molar-refractivity contribution in [3.05, 3.63) is 23.8 Å². The average Bonchev–Trinajstić information content (AvgIpc) is 2.17. The van der Waals surface area contributed by atoms with Crippen LogP contribution in [-0.4, -0.2) is 25.2 Å². The van der Waals surface area contributed by atoms with Crippen molar-refractivity contribution in [3.8, 4) is 11.5 Å². The van der Waals surface area contributed by atoms with Gasteiger partial charge in [-0.2, -0.15) is 0 Å². The molecule has 0 atom stereocenters. The Hall–Kier alpha value is -1.71. The van der Waals surface area contributed by atoms with E-state index in [1.807, 2.05) is 0 Å². The van der Waals surface area contributed by atoms with Crippen molar-refractivity contribution in [3.63, 3.8) is 0 Å². The molecule has 0 unspecified atom stereocenters. The first-order valence-corrected chi connectivity index (χ1v) is 3.78. The monoisotopic (exact) mass is 181 g/mol. The third-order valence-corrected chi connectivity index (χ3v) is 1.67. The van der Waals surface area contributed by atoms with Crippen molar-refractivity contribution in [1.82, 2.24) is 5.32 Å². The molecule has 4 nitrogen and oxygen atoms in total. The lowest BCUT2D eigenvalue weighted by molar-refractivity contribution is 0.0962. The molecule has 70 valence electrons. The maximum absolute atomic E-state index is 11.1. The quantitative estimate of drug-likeness (QED) is 0.708. The number of aromatic hydroxyl groups is 1. The lowest BCUT2D eigenvalue weighted by Gasteiger charge is -2.05. The van der Waals surface area contributed by atoms with Gasteiger partial charge in [0.1, 0.15) is 0 Å². The molecule has 0 saturated heterocycles. The molecule has 0 heterocycles. The Morgan fingerprint density at radius 1 is 1.54 bits per heavy atom. The number of methoxy groups -OCH3 is 1. The zero-order valence-corrected chi connectivity index (χ0v) is 7.50. The first kappa shape index (κ1) is 9.38. The van der Waals surface area contributed by atoms with Gasteiger partial charge in [0.2, 0.25) is 0 Å². The predicted octanol–water partition coefficient (Wildman–Crippen LogP) is 0.760. The third kappa shape index (κ3) is 1.90. The highest BCUT2D eigenvalue weighted by molar-refractivity contribution is 5.94. The van der Waals surface area contributed by atoms with Gasteiger partial charge in [-0.1, -0.05) is 0 Å². The van der Waals surface area contributed by atoms with Crippen molar-refractivity contribution in [2.24, 2.45) is 0 Å². The van der Waals surface area contributed by atoms with Crippen LogP contribution in [0.4, 0.5) is 0 Å². The van der Waals surface area contributed by atoms with Crippen LogP contribution in [0, 0.1) is 0 Å². The Bertz CT molecular complexity index is 323. The summed E-state index contributed by atoms with van der Waals surface area (Å²) >= 11 is 0. The number of hydrogen-bond acceptors (Lipinski definition) is 3. The van der Waals surface area contributed by atoms with E-state index in [0.717, 1.165) is 0 Å².